The van der Waals surface area contributed by atoms with E-state index in [1.165, 1.54) is 11.2 Å². The average Bonchev–Trinajstić information content (AvgIpc) is 2.76. The van der Waals surface area contributed by atoms with Crippen molar-refractivity contribution in [3.63, 3.8) is 0 Å². The minimum absolute atomic E-state index is 0.0132. The van der Waals surface area contributed by atoms with E-state index in [0.29, 0.717) is 12.4 Å². The van der Waals surface area contributed by atoms with E-state index < -0.39 is 5.41 Å². The van der Waals surface area contributed by atoms with E-state index in [1.807, 2.05) is 0 Å². The van der Waals surface area contributed by atoms with Crippen LogP contribution in [0.4, 0.5) is 0 Å². The van der Waals surface area contributed by atoms with Crippen molar-refractivity contribution in [1.82, 2.24) is 25.4 Å². The van der Waals surface area contributed by atoms with Crippen molar-refractivity contribution in [2.75, 3.05) is 13.6 Å². The Morgan fingerprint density at radius 2 is 2.11 bits per heavy atom. The molecular formula is C11H19N5O2. The molecule has 100 valence electrons. The Bertz CT molecular complexity index is 408. The lowest BCUT2D eigenvalue weighted by Crippen LogP contribution is -2.42. The normalized spacial score (nSPS) is 11.1. The van der Waals surface area contributed by atoms with Gasteiger partial charge in [0.05, 0.1) is 13.1 Å². The number of aromatic nitrogens is 3. The summed E-state index contributed by atoms with van der Waals surface area (Å²) in [5.74, 6) is 0.279. The van der Waals surface area contributed by atoms with Gasteiger partial charge in [0.2, 0.25) is 11.8 Å². The van der Waals surface area contributed by atoms with Crippen LogP contribution >= 0.6 is 0 Å². The van der Waals surface area contributed by atoms with Gasteiger partial charge < -0.3 is 10.2 Å². The standard InChI is InChI=1S/C11H19N5O2/c1-11(2,3)10(18)12-5-9(17)16(4)6-8-13-7-14-15-8/h7H,5-6H2,1-4H3,(H,12,18)(H,13,14,15). The predicted molar refractivity (Wildman–Crippen MR) is 65.3 cm³/mol. The Morgan fingerprint density at radius 3 is 2.61 bits per heavy atom. The zero-order chi connectivity index (χ0) is 13.8. The van der Waals surface area contributed by atoms with Gasteiger partial charge >= 0.3 is 0 Å². The van der Waals surface area contributed by atoms with Crippen LogP contribution in [0.5, 0.6) is 0 Å². The maximum atomic E-state index is 11.7. The molecule has 0 spiro atoms. The van der Waals surface area contributed by atoms with Crippen LogP contribution < -0.4 is 5.32 Å². The van der Waals surface area contributed by atoms with Gasteiger partial charge in [-0.25, -0.2) is 4.98 Å². The fraction of sp³-hybridized carbons (Fsp3) is 0.636. The van der Waals surface area contributed by atoms with Crippen molar-refractivity contribution in [3.05, 3.63) is 12.2 Å². The first-order valence-electron chi connectivity index (χ1n) is 5.67. The molecule has 0 aliphatic rings. The number of carbonyl (C=O) groups is 2. The fourth-order valence-corrected chi connectivity index (χ4v) is 1.18. The molecule has 1 aromatic rings. The molecule has 7 nitrogen and oxygen atoms in total. The zero-order valence-electron chi connectivity index (χ0n) is 11.1. The molecule has 1 heterocycles. The molecule has 1 aromatic heterocycles. The van der Waals surface area contributed by atoms with Crippen LogP contribution in [-0.4, -0.2) is 45.5 Å². The molecule has 1 rings (SSSR count). The van der Waals surface area contributed by atoms with Gasteiger partial charge in [0.25, 0.3) is 0 Å². The number of hydrogen-bond donors (Lipinski definition) is 2. The summed E-state index contributed by atoms with van der Waals surface area (Å²) in [5, 5.41) is 8.97. The summed E-state index contributed by atoms with van der Waals surface area (Å²) >= 11 is 0. The van der Waals surface area contributed by atoms with Crippen molar-refractivity contribution in [3.8, 4) is 0 Å². The molecular weight excluding hydrogens is 234 g/mol. The lowest BCUT2D eigenvalue weighted by molar-refractivity contribution is -0.134. The zero-order valence-corrected chi connectivity index (χ0v) is 11.1. The first kappa shape index (κ1) is 14.1. The summed E-state index contributed by atoms with van der Waals surface area (Å²) in [6.07, 6.45) is 1.38. The highest BCUT2D eigenvalue weighted by molar-refractivity contribution is 5.87. The summed E-state index contributed by atoms with van der Waals surface area (Å²) in [4.78, 5) is 28.7. The summed E-state index contributed by atoms with van der Waals surface area (Å²) in [6, 6.07) is 0. The van der Waals surface area contributed by atoms with E-state index in [9.17, 15) is 9.59 Å². The van der Waals surface area contributed by atoms with E-state index in [2.05, 4.69) is 20.5 Å². The number of H-pyrrole nitrogens is 1. The molecule has 0 fully saturated rings. The number of aromatic amines is 1. The van der Waals surface area contributed by atoms with Crippen LogP contribution in [0, 0.1) is 5.41 Å². The third-order valence-electron chi connectivity index (χ3n) is 2.36. The maximum Gasteiger partial charge on any atom is 0.242 e. The second kappa shape index (κ2) is 5.61. The number of rotatable bonds is 4. The predicted octanol–water partition coefficient (Wildman–Crippen LogP) is -0.0746. The summed E-state index contributed by atoms with van der Waals surface area (Å²) in [7, 11) is 1.65. The van der Waals surface area contributed by atoms with Crippen LogP contribution in [0.3, 0.4) is 0 Å². The van der Waals surface area contributed by atoms with Crippen LogP contribution in [0.2, 0.25) is 0 Å². The first-order valence-corrected chi connectivity index (χ1v) is 5.67. The van der Waals surface area contributed by atoms with Gasteiger partial charge in [-0.2, -0.15) is 5.10 Å². The largest absolute Gasteiger partial charge is 0.347 e. The highest BCUT2D eigenvalue weighted by Crippen LogP contribution is 2.12. The number of amides is 2. The molecule has 0 aromatic carbocycles. The van der Waals surface area contributed by atoms with Crippen LogP contribution in [0.15, 0.2) is 6.33 Å². The quantitative estimate of drug-likeness (QED) is 0.785. The lowest BCUT2D eigenvalue weighted by atomic mass is 9.96. The Morgan fingerprint density at radius 1 is 1.44 bits per heavy atom. The second-order valence-corrected chi connectivity index (χ2v) is 5.11. The summed E-state index contributed by atoms with van der Waals surface area (Å²) in [6.45, 7) is 5.71. The van der Waals surface area contributed by atoms with Crippen molar-refractivity contribution in [2.24, 2.45) is 5.41 Å². The molecule has 0 aliphatic heterocycles. The maximum absolute atomic E-state index is 11.7. The van der Waals surface area contributed by atoms with E-state index in [-0.39, 0.29) is 18.4 Å². The van der Waals surface area contributed by atoms with Gasteiger partial charge in [-0.05, 0) is 0 Å². The first-order chi connectivity index (χ1) is 8.30. The number of likely N-dealkylation sites (N-methyl/N-ethyl adjacent to an activating group) is 1. The molecule has 0 unspecified atom stereocenters. The Labute approximate surface area is 106 Å². The Hall–Kier alpha value is -1.92. The molecule has 0 bridgehead atoms. The second-order valence-electron chi connectivity index (χ2n) is 5.11. The van der Waals surface area contributed by atoms with Crippen LogP contribution in [0.25, 0.3) is 0 Å². The van der Waals surface area contributed by atoms with Crippen molar-refractivity contribution in [2.45, 2.75) is 27.3 Å². The molecule has 0 saturated heterocycles. The highest BCUT2D eigenvalue weighted by Gasteiger charge is 2.22. The molecule has 18 heavy (non-hydrogen) atoms. The van der Waals surface area contributed by atoms with E-state index in [4.69, 9.17) is 0 Å². The smallest absolute Gasteiger partial charge is 0.242 e. The summed E-state index contributed by atoms with van der Waals surface area (Å²) in [5.41, 5.74) is -0.496. The van der Waals surface area contributed by atoms with Crippen molar-refractivity contribution >= 4 is 11.8 Å². The molecule has 0 aliphatic carbocycles. The Kier molecular flexibility index (Phi) is 4.41. The third-order valence-corrected chi connectivity index (χ3v) is 2.36. The third kappa shape index (κ3) is 4.15. The molecule has 0 radical (unpaired) electrons. The SMILES string of the molecule is CN(Cc1ncn[nH]1)C(=O)CNC(=O)C(C)(C)C. The minimum Gasteiger partial charge on any atom is -0.347 e. The fourth-order valence-electron chi connectivity index (χ4n) is 1.18. The topological polar surface area (TPSA) is 91.0 Å². The Balaban J connectivity index is 2.39. The van der Waals surface area contributed by atoms with Crippen LogP contribution in [0.1, 0.15) is 26.6 Å². The van der Waals surface area contributed by atoms with Gasteiger partial charge in [0.15, 0.2) is 0 Å². The average molecular weight is 253 g/mol. The van der Waals surface area contributed by atoms with Gasteiger partial charge in [0.1, 0.15) is 12.2 Å². The highest BCUT2D eigenvalue weighted by atomic mass is 16.2. The van der Waals surface area contributed by atoms with Crippen molar-refractivity contribution in [1.29, 1.82) is 0 Å². The van der Waals surface area contributed by atoms with Gasteiger partial charge in [-0.15, -0.1) is 0 Å². The van der Waals surface area contributed by atoms with Gasteiger partial charge in [-0.3, -0.25) is 14.7 Å². The molecule has 0 saturated carbocycles. The monoisotopic (exact) mass is 253 g/mol. The van der Waals surface area contributed by atoms with Crippen molar-refractivity contribution < 1.29 is 9.59 Å². The minimum atomic E-state index is -0.496. The van der Waals surface area contributed by atoms with E-state index >= 15 is 0 Å². The van der Waals surface area contributed by atoms with Crippen LogP contribution in [-0.2, 0) is 16.1 Å². The molecule has 0 atom stereocenters. The van der Waals surface area contributed by atoms with Gasteiger partial charge in [0, 0.05) is 12.5 Å². The number of nitrogens with one attached hydrogen (secondary N) is 2. The number of carbonyl (C=O) groups excluding carboxylic acids is 2. The van der Waals surface area contributed by atoms with E-state index in [0.717, 1.165) is 0 Å². The number of hydrogen-bond acceptors (Lipinski definition) is 4. The molecule has 7 heteroatoms. The number of nitrogens with zero attached hydrogens (tertiary/aromatic N) is 3. The molecule has 2 amide bonds. The summed E-state index contributed by atoms with van der Waals surface area (Å²) < 4.78 is 0. The van der Waals surface area contributed by atoms with E-state index in [1.54, 1.807) is 27.8 Å². The lowest BCUT2D eigenvalue weighted by Gasteiger charge is -2.20. The van der Waals surface area contributed by atoms with Gasteiger partial charge in [-0.1, -0.05) is 20.8 Å². The molecule has 2 N–H and O–H groups in total.